The van der Waals surface area contributed by atoms with E-state index in [2.05, 4.69) is 20.6 Å². The lowest BCUT2D eigenvalue weighted by Gasteiger charge is -2.17. The van der Waals surface area contributed by atoms with Gasteiger partial charge < -0.3 is 15.7 Å². The molecule has 0 radical (unpaired) electrons. The molecule has 2 aromatic rings. The summed E-state index contributed by atoms with van der Waals surface area (Å²) >= 11 is 0. The molecule has 0 saturated heterocycles. The number of anilines is 2. The van der Waals surface area contributed by atoms with Crippen LogP contribution in [0.5, 0.6) is 0 Å². The van der Waals surface area contributed by atoms with E-state index >= 15 is 0 Å². The van der Waals surface area contributed by atoms with Gasteiger partial charge in [-0.25, -0.2) is 4.98 Å². The standard InChI is InChI=1S/C14H18N4O/c1-15-14-16-8-7-13(18-14)17-12(10-19)9-11-5-3-2-4-6-11/h2-8,12,19H,9-10H2,1H3,(H2,15,16,17,18). The first kappa shape index (κ1) is 13.3. The number of aliphatic hydroxyl groups excluding tert-OH is 1. The van der Waals surface area contributed by atoms with E-state index in [1.807, 2.05) is 30.3 Å². The molecule has 0 aliphatic rings. The first-order valence-corrected chi connectivity index (χ1v) is 6.24. The summed E-state index contributed by atoms with van der Waals surface area (Å²) in [6, 6.07) is 11.8. The molecule has 5 nitrogen and oxygen atoms in total. The van der Waals surface area contributed by atoms with E-state index in [0.29, 0.717) is 11.8 Å². The molecular formula is C14H18N4O. The third-order valence-corrected chi connectivity index (χ3v) is 2.78. The zero-order chi connectivity index (χ0) is 13.5. The molecule has 19 heavy (non-hydrogen) atoms. The fourth-order valence-corrected chi connectivity index (χ4v) is 1.83. The van der Waals surface area contributed by atoms with E-state index in [9.17, 15) is 5.11 Å². The highest BCUT2D eigenvalue weighted by Gasteiger charge is 2.09. The second-order valence-electron chi connectivity index (χ2n) is 4.23. The summed E-state index contributed by atoms with van der Waals surface area (Å²) in [5.74, 6) is 1.26. The van der Waals surface area contributed by atoms with Crippen LogP contribution in [0.4, 0.5) is 11.8 Å². The van der Waals surface area contributed by atoms with E-state index in [4.69, 9.17) is 0 Å². The molecule has 100 valence electrons. The Morgan fingerprint density at radius 3 is 2.68 bits per heavy atom. The van der Waals surface area contributed by atoms with Crippen LogP contribution in [-0.4, -0.2) is 34.8 Å². The molecule has 1 heterocycles. The van der Waals surface area contributed by atoms with Gasteiger partial charge in [0.25, 0.3) is 0 Å². The molecule has 0 aliphatic heterocycles. The van der Waals surface area contributed by atoms with Gasteiger partial charge in [-0.2, -0.15) is 4.98 Å². The van der Waals surface area contributed by atoms with Gasteiger partial charge in [0.2, 0.25) is 5.95 Å². The topological polar surface area (TPSA) is 70.1 Å². The molecule has 2 rings (SSSR count). The van der Waals surface area contributed by atoms with Crippen molar-refractivity contribution in [1.82, 2.24) is 9.97 Å². The van der Waals surface area contributed by atoms with Crippen molar-refractivity contribution >= 4 is 11.8 Å². The number of aliphatic hydroxyl groups is 1. The summed E-state index contributed by atoms with van der Waals surface area (Å²) in [7, 11) is 1.77. The molecule has 3 N–H and O–H groups in total. The number of hydrogen-bond donors (Lipinski definition) is 3. The summed E-state index contributed by atoms with van der Waals surface area (Å²) in [5, 5.41) is 15.5. The second kappa shape index (κ2) is 6.70. The Morgan fingerprint density at radius 1 is 1.21 bits per heavy atom. The molecule has 1 aromatic heterocycles. The summed E-state index contributed by atoms with van der Waals surface area (Å²) in [5.41, 5.74) is 1.18. The highest BCUT2D eigenvalue weighted by atomic mass is 16.3. The van der Waals surface area contributed by atoms with Crippen molar-refractivity contribution in [2.75, 3.05) is 24.3 Å². The van der Waals surface area contributed by atoms with Gasteiger partial charge in [-0.15, -0.1) is 0 Å². The van der Waals surface area contributed by atoms with Crippen LogP contribution in [0.1, 0.15) is 5.56 Å². The Labute approximate surface area is 112 Å². The van der Waals surface area contributed by atoms with Crippen LogP contribution in [0.2, 0.25) is 0 Å². The lowest BCUT2D eigenvalue weighted by atomic mass is 10.1. The molecule has 0 saturated carbocycles. The van der Waals surface area contributed by atoms with Gasteiger partial charge in [-0.3, -0.25) is 0 Å². The zero-order valence-electron chi connectivity index (χ0n) is 10.9. The van der Waals surface area contributed by atoms with E-state index in [0.717, 1.165) is 6.42 Å². The van der Waals surface area contributed by atoms with Gasteiger partial charge in [0.15, 0.2) is 0 Å². The van der Waals surface area contributed by atoms with Crippen molar-refractivity contribution in [3.05, 3.63) is 48.2 Å². The number of benzene rings is 1. The first-order chi connectivity index (χ1) is 9.31. The van der Waals surface area contributed by atoms with Gasteiger partial charge in [-0.05, 0) is 18.1 Å². The maximum Gasteiger partial charge on any atom is 0.224 e. The lowest BCUT2D eigenvalue weighted by molar-refractivity contribution is 0.273. The first-order valence-electron chi connectivity index (χ1n) is 6.24. The monoisotopic (exact) mass is 258 g/mol. The van der Waals surface area contributed by atoms with Crippen molar-refractivity contribution < 1.29 is 5.11 Å². The van der Waals surface area contributed by atoms with Crippen LogP contribution in [0.25, 0.3) is 0 Å². The van der Waals surface area contributed by atoms with Gasteiger partial charge in [0.05, 0.1) is 12.6 Å². The molecule has 1 atom stereocenters. The average molecular weight is 258 g/mol. The van der Waals surface area contributed by atoms with E-state index in [-0.39, 0.29) is 12.6 Å². The Kier molecular flexibility index (Phi) is 4.69. The molecule has 0 bridgehead atoms. The highest BCUT2D eigenvalue weighted by molar-refractivity contribution is 5.40. The molecule has 0 aliphatic carbocycles. The van der Waals surface area contributed by atoms with Gasteiger partial charge in [-0.1, -0.05) is 30.3 Å². The van der Waals surface area contributed by atoms with Gasteiger partial charge in [0, 0.05) is 13.2 Å². The maximum atomic E-state index is 9.45. The smallest absolute Gasteiger partial charge is 0.224 e. The van der Waals surface area contributed by atoms with Crippen LogP contribution in [0.3, 0.4) is 0 Å². The maximum absolute atomic E-state index is 9.45. The number of aromatic nitrogens is 2. The molecular weight excluding hydrogens is 240 g/mol. The second-order valence-corrected chi connectivity index (χ2v) is 4.23. The Balaban J connectivity index is 2.02. The van der Waals surface area contributed by atoms with E-state index in [1.54, 1.807) is 19.3 Å². The SMILES string of the molecule is CNc1nccc(NC(CO)Cc2ccccc2)n1. The lowest BCUT2D eigenvalue weighted by Crippen LogP contribution is -2.27. The van der Waals surface area contributed by atoms with E-state index < -0.39 is 0 Å². The minimum absolute atomic E-state index is 0.0494. The van der Waals surface area contributed by atoms with Crippen LogP contribution in [0, 0.1) is 0 Å². The summed E-state index contributed by atoms with van der Waals surface area (Å²) in [4.78, 5) is 8.33. The van der Waals surface area contributed by atoms with Crippen LogP contribution in [0.15, 0.2) is 42.6 Å². The molecule has 1 aromatic carbocycles. The predicted molar refractivity (Wildman–Crippen MR) is 76.2 cm³/mol. The van der Waals surface area contributed by atoms with Gasteiger partial charge >= 0.3 is 0 Å². The number of hydrogen-bond acceptors (Lipinski definition) is 5. The molecule has 0 amide bonds. The Bertz CT molecular complexity index is 504. The van der Waals surface area contributed by atoms with Crippen molar-refractivity contribution in [1.29, 1.82) is 0 Å². The average Bonchev–Trinajstić information content (AvgIpc) is 2.48. The van der Waals surface area contributed by atoms with Crippen molar-refractivity contribution in [2.24, 2.45) is 0 Å². The van der Waals surface area contributed by atoms with Gasteiger partial charge in [0.1, 0.15) is 5.82 Å². The summed E-state index contributed by atoms with van der Waals surface area (Å²) < 4.78 is 0. The van der Waals surface area contributed by atoms with Crippen LogP contribution >= 0.6 is 0 Å². The van der Waals surface area contributed by atoms with Crippen LogP contribution in [-0.2, 0) is 6.42 Å². The third-order valence-electron chi connectivity index (χ3n) is 2.78. The van der Waals surface area contributed by atoms with Crippen molar-refractivity contribution in [3.8, 4) is 0 Å². The number of nitrogens with one attached hydrogen (secondary N) is 2. The normalized spacial score (nSPS) is 11.9. The fourth-order valence-electron chi connectivity index (χ4n) is 1.83. The quantitative estimate of drug-likeness (QED) is 0.733. The molecule has 0 fully saturated rings. The van der Waals surface area contributed by atoms with Crippen molar-refractivity contribution in [3.63, 3.8) is 0 Å². The number of rotatable bonds is 6. The summed E-state index contributed by atoms with van der Waals surface area (Å²) in [6.45, 7) is 0.0494. The minimum atomic E-state index is -0.0676. The third kappa shape index (κ3) is 3.93. The predicted octanol–water partition coefficient (Wildman–Crippen LogP) is 1.53. The zero-order valence-corrected chi connectivity index (χ0v) is 10.9. The molecule has 1 unspecified atom stereocenters. The Hall–Kier alpha value is -2.14. The summed E-state index contributed by atoms with van der Waals surface area (Å²) in [6.07, 6.45) is 2.42. The Morgan fingerprint density at radius 2 is 2.00 bits per heavy atom. The molecule has 0 spiro atoms. The largest absolute Gasteiger partial charge is 0.394 e. The molecule has 5 heteroatoms. The highest BCUT2D eigenvalue weighted by Crippen LogP contribution is 2.10. The van der Waals surface area contributed by atoms with E-state index in [1.165, 1.54) is 5.56 Å². The van der Waals surface area contributed by atoms with Crippen molar-refractivity contribution in [2.45, 2.75) is 12.5 Å². The number of nitrogens with zero attached hydrogens (tertiary/aromatic N) is 2. The van der Waals surface area contributed by atoms with Crippen LogP contribution < -0.4 is 10.6 Å². The fraction of sp³-hybridized carbons (Fsp3) is 0.286. The minimum Gasteiger partial charge on any atom is -0.394 e.